The molecule has 0 atom stereocenters. The van der Waals surface area contributed by atoms with E-state index >= 15 is 0 Å². The second-order valence-corrected chi connectivity index (χ2v) is 4.86. The van der Waals surface area contributed by atoms with Crippen molar-refractivity contribution in [3.8, 4) is 0 Å². The van der Waals surface area contributed by atoms with E-state index in [0.29, 0.717) is 5.41 Å². The van der Waals surface area contributed by atoms with Crippen LogP contribution in [0.3, 0.4) is 0 Å². The maximum absolute atomic E-state index is 5.93. The molecule has 0 aromatic heterocycles. The van der Waals surface area contributed by atoms with Crippen molar-refractivity contribution >= 4 is 0 Å². The molecule has 0 aromatic carbocycles. The molecule has 1 N–H and O–H groups in total. The van der Waals surface area contributed by atoms with E-state index in [9.17, 15) is 0 Å². The highest BCUT2D eigenvalue weighted by atomic mass is 16.5. The highest BCUT2D eigenvalue weighted by Gasteiger charge is 2.33. The molecule has 1 saturated heterocycles. The standard InChI is InChI=1S/C11H23NO/c1-5-11(6-2)8-12-7-10(3,4)13-9-11/h12H,5-9H2,1-4H3. The SMILES string of the molecule is CCC1(CC)CNCC(C)(C)OC1. The number of rotatable bonds is 2. The lowest BCUT2D eigenvalue weighted by atomic mass is 9.83. The summed E-state index contributed by atoms with van der Waals surface area (Å²) in [5, 5.41) is 3.51. The second-order valence-electron chi connectivity index (χ2n) is 4.86. The van der Waals surface area contributed by atoms with Crippen molar-refractivity contribution in [2.24, 2.45) is 5.41 Å². The smallest absolute Gasteiger partial charge is 0.0750 e. The largest absolute Gasteiger partial charge is 0.374 e. The lowest BCUT2D eigenvalue weighted by Gasteiger charge is -2.30. The summed E-state index contributed by atoms with van der Waals surface area (Å²) < 4.78 is 5.93. The number of hydrogen-bond acceptors (Lipinski definition) is 2. The average Bonchev–Trinajstić information content (AvgIpc) is 2.25. The van der Waals surface area contributed by atoms with E-state index in [1.54, 1.807) is 0 Å². The minimum atomic E-state index is 0.00604. The van der Waals surface area contributed by atoms with Crippen molar-refractivity contribution in [3.05, 3.63) is 0 Å². The molecular weight excluding hydrogens is 162 g/mol. The Bertz CT molecular complexity index is 161. The Morgan fingerprint density at radius 3 is 2.31 bits per heavy atom. The Morgan fingerprint density at radius 1 is 1.15 bits per heavy atom. The molecule has 78 valence electrons. The first-order valence-corrected chi connectivity index (χ1v) is 5.38. The van der Waals surface area contributed by atoms with Crippen LogP contribution in [0, 0.1) is 5.41 Å². The maximum atomic E-state index is 5.93. The zero-order chi connectivity index (χ0) is 9.95. The predicted octanol–water partition coefficient (Wildman–Crippen LogP) is 2.19. The first kappa shape index (κ1) is 11.0. The molecule has 0 aromatic rings. The summed E-state index contributed by atoms with van der Waals surface area (Å²) in [5.41, 5.74) is 0.375. The average molecular weight is 185 g/mol. The van der Waals surface area contributed by atoms with Gasteiger partial charge >= 0.3 is 0 Å². The molecule has 0 amide bonds. The summed E-state index contributed by atoms with van der Waals surface area (Å²) in [6.07, 6.45) is 2.40. The fourth-order valence-corrected chi connectivity index (χ4v) is 1.78. The molecule has 0 unspecified atom stereocenters. The normalized spacial score (nSPS) is 26.8. The van der Waals surface area contributed by atoms with Gasteiger partial charge < -0.3 is 10.1 Å². The summed E-state index contributed by atoms with van der Waals surface area (Å²) in [7, 11) is 0. The van der Waals surface area contributed by atoms with Crippen LogP contribution >= 0.6 is 0 Å². The van der Waals surface area contributed by atoms with Gasteiger partial charge in [-0.05, 0) is 26.7 Å². The summed E-state index contributed by atoms with van der Waals surface area (Å²) in [6, 6.07) is 0. The molecule has 2 heteroatoms. The van der Waals surface area contributed by atoms with Gasteiger partial charge in [0.1, 0.15) is 0 Å². The van der Waals surface area contributed by atoms with Crippen LogP contribution in [0.15, 0.2) is 0 Å². The molecule has 1 aliphatic rings. The lowest BCUT2D eigenvalue weighted by molar-refractivity contribution is -0.0419. The Morgan fingerprint density at radius 2 is 1.77 bits per heavy atom. The molecule has 2 nitrogen and oxygen atoms in total. The van der Waals surface area contributed by atoms with Crippen molar-refractivity contribution in [2.75, 3.05) is 19.7 Å². The Kier molecular flexibility index (Phi) is 3.36. The van der Waals surface area contributed by atoms with Crippen LogP contribution in [-0.2, 0) is 4.74 Å². The molecule has 1 fully saturated rings. The molecule has 0 bridgehead atoms. The molecule has 0 saturated carbocycles. The quantitative estimate of drug-likeness (QED) is 0.712. The summed E-state index contributed by atoms with van der Waals surface area (Å²) in [6.45, 7) is 11.8. The number of ether oxygens (including phenoxy) is 1. The Labute approximate surface area is 82.0 Å². The molecule has 1 heterocycles. The van der Waals surface area contributed by atoms with Crippen molar-refractivity contribution in [1.82, 2.24) is 5.32 Å². The first-order valence-electron chi connectivity index (χ1n) is 5.38. The van der Waals surface area contributed by atoms with Gasteiger partial charge in [0.15, 0.2) is 0 Å². The summed E-state index contributed by atoms with van der Waals surface area (Å²) in [4.78, 5) is 0. The molecule has 1 aliphatic heterocycles. The van der Waals surface area contributed by atoms with Crippen molar-refractivity contribution in [1.29, 1.82) is 0 Å². The third-order valence-electron chi connectivity index (χ3n) is 3.32. The van der Waals surface area contributed by atoms with Crippen LogP contribution in [0.2, 0.25) is 0 Å². The van der Waals surface area contributed by atoms with E-state index in [-0.39, 0.29) is 5.60 Å². The van der Waals surface area contributed by atoms with E-state index in [1.165, 1.54) is 12.8 Å². The van der Waals surface area contributed by atoms with E-state index in [0.717, 1.165) is 19.7 Å². The number of hydrogen-bond donors (Lipinski definition) is 1. The minimum Gasteiger partial charge on any atom is -0.374 e. The van der Waals surface area contributed by atoms with Crippen LogP contribution in [0.25, 0.3) is 0 Å². The van der Waals surface area contributed by atoms with Gasteiger partial charge in [-0.1, -0.05) is 13.8 Å². The third kappa shape index (κ3) is 2.68. The van der Waals surface area contributed by atoms with E-state index in [2.05, 4.69) is 33.0 Å². The van der Waals surface area contributed by atoms with Crippen LogP contribution < -0.4 is 5.32 Å². The van der Waals surface area contributed by atoms with Gasteiger partial charge in [0.05, 0.1) is 12.2 Å². The fraction of sp³-hybridized carbons (Fsp3) is 1.00. The summed E-state index contributed by atoms with van der Waals surface area (Å²) in [5.74, 6) is 0. The van der Waals surface area contributed by atoms with Gasteiger partial charge in [0, 0.05) is 18.5 Å². The van der Waals surface area contributed by atoms with E-state index < -0.39 is 0 Å². The molecule has 0 radical (unpaired) electrons. The molecule has 0 aliphatic carbocycles. The van der Waals surface area contributed by atoms with Gasteiger partial charge in [-0.15, -0.1) is 0 Å². The van der Waals surface area contributed by atoms with Crippen molar-refractivity contribution < 1.29 is 4.74 Å². The van der Waals surface area contributed by atoms with Gasteiger partial charge in [-0.25, -0.2) is 0 Å². The zero-order valence-electron chi connectivity index (χ0n) is 9.44. The van der Waals surface area contributed by atoms with Crippen LogP contribution in [0.5, 0.6) is 0 Å². The highest BCUT2D eigenvalue weighted by Crippen LogP contribution is 2.29. The van der Waals surface area contributed by atoms with Gasteiger partial charge in [0.2, 0.25) is 0 Å². The van der Waals surface area contributed by atoms with Crippen molar-refractivity contribution in [2.45, 2.75) is 46.1 Å². The van der Waals surface area contributed by atoms with Crippen LogP contribution in [-0.4, -0.2) is 25.3 Å². The van der Waals surface area contributed by atoms with Crippen molar-refractivity contribution in [3.63, 3.8) is 0 Å². The summed E-state index contributed by atoms with van der Waals surface area (Å²) >= 11 is 0. The topological polar surface area (TPSA) is 21.3 Å². The van der Waals surface area contributed by atoms with Crippen LogP contribution in [0.1, 0.15) is 40.5 Å². The first-order chi connectivity index (χ1) is 6.04. The third-order valence-corrected chi connectivity index (χ3v) is 3.32. The minimum absolute atomic E-state index is 0.00604. The predicted molar refractivity (Wildman–Crippen MR) is 55.9 cm³/mol. The monoisotopic (exact) mass is 185 g/mol. The Hall–Kier alpha value is -0.0800. The zero-order valence-corrected chi connectivity index (χ0v) is 9.44. The van der Waals surface area contributed by atoms with E-state index in [4.69, 9.17) is 4.74 Å². The molecular formula is C11H23NO. The Balaban J connectivity index is 2.62. The number of nitrogens with one attached hydrogen (secondary N) is 1. The fourth-order valence-electron chi connectivity index (χ4n) is 1.78. The second kappa shape index (κ2) is 3.97. The molecule has 0 spiro atoms. The lowest BCUT2D eigenvalue weighted by Crippen LogP contribution is -2.36. The molecule has 13 heavy (non-hydrogen) atoms. The van der Waals surface area contributed by atoms with Gasteiger partial charge in [-0.3, -0.25) is 0 Å². The maximum Gasteiger partial charge on any atom is 0.0750 e. The molecule has 1 rings (SSSR count). The van der Waals surface area contributed by atoms with Gasteiger partial charge in [0.25, 0.3) is 0 Å². The van der Waals surface area contributed by atoms with Crippen LogP contribution in [0.4, 0.5) is 0 Å². The highest BCUT2D eigenvalue weighted by molar-refractivity contribution is 4.86. The van der Waals surface area contributed by atoms with E-state index in [1.807, 2.05) is 0 Å². The van der Waals surface area contributed by atoms with Gasteiger partial charge in [-0.2, -0.15) is 0 Å².